The second-order valence-electron chi connectivity index (χ2n) is 5.47. The SMILES string of the molecule is I.N#Cc1ccc(CN=C(N)Nc2ccc3c(c2)CCC3)cc1. The van der Waals surface area contributed by atoms with Crippen LogP contribution >= 0.6 is 24.0 Å². The minimum absolute atomic E-state index is 0. The molecule has 1 aliphatic carbocycles. The maximum Gasteiger partial charge on any atom is 0.193 e. The molecule has 3 N–H and O–H groups in total. The summed E-state index contributed by atoms with van der Waals surface area (Å²) in [5.74, 6) is 0.405. The number of nitrogens with two attached hydrogens (primary N) is 1. The van der Waals surface area contributed by atoms with Gasteiger partial charge < -0.3 is 11.1 Å². The molecule has 0 saturated heterocycles. The second kappa shape index (κ2) is 7.97. The van der Waals surface area contributed by atoms with Crippen molar-refractivity contribution < 1.29 is 0 Å². The highest BCUT2D eigenvalue weighted by Gasteiger charge is 2.10. The van der Waals surface area contributed by atoms with Crippen molar-refractivity contribution in [1.82, 2.24) is 0 Å². The van der Waals surface area contributed by atoms with Crippen molar-refractivity contribution in [2.24, 2.45) is 10.7 Å². The number of anilines is 1. The lowest BCUT2D eigenvalue weighted by Gasteiger charge is -2.08. The van der Waals surface area contributed by atoms with E-state index >= 15 is 0 Å². The fourth-order valence-corrected chi connectivity index (χ4v) is 2.70. The molecule has 0 aromatic heterocycles. The summed E-state index contributed by atoms with van der Waals surface area (Å²) in [7, 11) is 0. The van der Waals surface area contributed by atoms with Crippen molar-refractivity contribution >= 4 is 35.6 Å². The first-order chi connectivity index (χ1) is 10.7. The largest absolute Gasteiger partial charge is 0.370 e. The summed E-state index contributed by atoms with van der Waals surface area (Å²) in [5.41, 5.74) is 11.5. The van der Waals surface area contributed by atoms with Gasteiger partial charge >= 0.3 is 0 Å². The Hall–Kier alpha value is -2.07. The van der Waals surface area contributed by atoms with Gasteiger partial charge in [0.05, 0.1) is 18.2 Å². The van der Waals surface area contributed by atoms with E-state index in [0.29, 0.717) is 18.1 Å². The summed E-state index contributed by atoms with van der Waals surface area (Å²) >= 11 is 0. The third kappa shape index (κ3) is 4.45. The van der Waals surface area contributed by atoms with Crippen LogP contribution in [0.25, 0.3) is 0 Å². The number of halogens is 1. The van der Waals surface area contributed by atoms with Crippen molar-refractivity contribution in [3.63, 3.8) is 0 Å². The van der Waals surface area contributed by atoms with Gasteiger partial charge in [0.15, 0.2) is 5.96 Å². The molecule has 0 unspecified atom stereocenters. The van der Waals surface area contributed by atoms with Crippen molar-refractivity contribution in [2.75, 3.05) is 5.32 Å². The van der Waals surface area contributed by atoms with Crippen LogP contribution in [0.3, 0.4) is 0 Å². The average molecular weight is 418 g/mol. The van der Waals surface area contributed by atoms with Gasteiger partial charge in [0.25, 0.3) is 0 Å². The van der Waals surface area contributed by atoms with Gasteiger partial charge in [-0.05, 0) is 60.2 Å². The summed E-state index contributed by atoms with van der Waals surface area (Å²) < 4.78 is 0. The third-order valence-electron chi connectivity index (χ3n) is 3.89. The first-order valence-corrected chi connectivity index (χ1v) is 7.42. The maximum absolute atomic E-state index is 8.77. The molecule has 23 heavy (non-hydrogen) atoms. The van der Waals surface area contributed by atoms with E-state index in [0.717, 1.165) is 17.7 Å². The zero-order valence-corrected chi connectivity index (χ0v) is 15.1. The number of nitrogens with one attached hydrogen (secondary N) is 1. The molecule has 1 aliphatic rings. The average Bonchev–Trinajstić information content (AvgIpc) is 3.01. The Morgan fingerprint density at radius 2 is 1.87 bits per heavy atom. The minimum atomic E-state index is 0. The molecule has 0 amide bonds. The van der Waals surface area contributed by atoms with E-state index in [1.54, 1.807) is 12.1 Å². The van der Waals surface area contributed by atoms with Gasteiger partial charge in [-0.1, -0.05) is 18.2 Å². The summed E-state index contributed by atoms with van der Waals surface area (Å²) in [6.45, 7) is 0.496. The maximum atomic E-state index is 8.77. The van der Waals surface area contributed by atoms with E-state index in [-0.39, 0.29) is 24.0 Å². The first-order valence-electron chi connectivity index (χ1n) is 7.42. The van der Waals surface area contributed by atoms with E-state index in [2.05, 4.69) is 28.5 Å². The van der Waals surface area contributed by atoms with Crippen molar-refractivity contribution in [3.05, 3.63) is 64.7 Å². The molecule has 5 heteroatoms. The summed E-state index contributed by atoms with van der Waals surface area (Å²) in [6.07, 6.45) is 3.56. The Morgan fingerprint density at radius 1 is 1.13 bits per heavy atom. The van der Waals surface area contributed by atoms with Crippen molar-refractivity contribution in [3.8, 4) is 6.07 Å². The van der Waals surface area contributed by atoms with Crippen LogP contribution < -0.4 is 11.1 Å². The van der Waals surface area contributed by atoms with E-state index in [1.807, 2.05) is 18.2 Å². The highest BCUT2D eigenvalue weighted by molar-refractivity contribution is 14.0. The molecule has 0 heterocycles. The first kappa shape index (κ1) is 17.3. The van der Waals surface area contributed by atoms with Crippen LogP contribution in [0.2, 0.25) is 0 Å². The standard InChI is InChI=1S/C18H18N4.HI/c19-11-13-4-6-14(7-5-13)12-21-18(20)22-17-9-8-15-2-1-3-16(15)10-17;/h4-10H,1-3,12H2,(H3,20,21,22);1H. The molecule has 2 aromatic rings. The molecule has 0 radical (unpaired) electrons. The summed E-state index contributed by atoms with van der Waals surface area (Å²) in [5, 5.41) is 11.9. The number of nitriles is 1. The number of hydrogen-bond acceptors (Lipinski definition) is 2. The Labute approximate surface area is 153 Å². The van der Waals surface area contributed by atoms with Gasteiger partial charge in [-0.2, -0.15) is 5.26 Å². The number of fused-ring (bicyclic) bond motifs is 1. The zero-order chi connectivity index (χ0) is 15.4. The molecule has 0 fully saturated rings. The number of benzene rings is 2. The van der Waals surface area contributed by atoms with Crippen LogP contribution in [-0.4, -0.2) is 5.96 Å². The Kier molecular flexibility index (Phi) is 5.99. The second-order valence-corrected chi connectivity index (χ2v) is 5.47. The van der Waals surface area contributed by atoms with Crippen LogP contribution in [0.15, 0.2) is 47.5 Å². The monoisotopic (exact) mass is 418 g/mol. The van der Waals surface area contributed by atoms with E-state index < -0.39 is 0 Å². The zero-order valence-electron chi connectivity index (χ0n) is 12.7. The fourth-order valence-electron chi connectivity index (χ4n) is 2.70. The van der Waals surface area contributed by atoms with Crippen LogP contribution in [-0.2, 0) is 19.4 Å². The lowest BCUT2D eigenvalue weighted by atomic mass is 10.1. The summed E-state index contributed by atoms with van der Waals surface area (Å²) in [6, 6.07) is 15.8. The van der Waals surface area contributed by atoms with Gasteiger partial charge in [-0.15, -0.1) is 24.0 Å². The molecule has 0 atom stereocenters. The van der Waals surface area contributed by atoms with Crippen molar-refractivity contribution in [2.45, 2.75) is 25.8 Å². The van der Waals surface area contributed by atoms with Crippen LogP contribution in [0.1, 0.15) is 28.7 Å². The molecule has 0 aliphatic heterocycles. The van der Waals surface area contributed by atoms with E-state index in [9.17, 15) is 0 Å². The number of nitrogens with zero attached hydrogens (tertiary/aromatic N) is 2. The predicted molar refractivity (Wildman–Crippen MR) is 104 cm³/mol. The highest BCUT2D eigenvalue weighted by Crippen LogP contribution is 2.24. The predicted octanol–water partition coefficient (Wildman–Crippen LogP) is 3.59. The molecule has 4 nitrogen and oxygen atoms in total. The highest BCUT2D eigenvalue weighted by atomic mass is 127. The lowest BCUT2D eigenvalue weighted by Crippen LogP contribution is -2.22. The van der Waals surface area contributed by atoms with Gasteiger partial charge in [0, 0.05) is 5.69 Å². The Morgan fingerprint density at radius 3 is 2.61 bits per heavy atom. The molecule has 0 saturated carbocycles. The van der Waals surface area contributed by atoms with Crippen LogP contribution in [0, 0.1) is 11.3 Å². The summed E-state index contributed by atoms with van der Waals surface area (Å²) in [4.78, 5) is 4.34. The topological polar surface area (TPSA) is 74.2 Å². The van der Waals surface area contributed by atoms with E-state index in [4.69, 9.17) is 11.0 Å². The van der Waals surface area contributed by atoms with Gasteiger partial charge in [-0.25, -0.2) is 4.99 Å². The van der Waals surface area contributed by atoms with Gasteiger partial charge in [-0.3, -0.25) is 0 Å². The Bertz CT molecular complexity index is 745. The fraction of sp³-hybridized carbons (Fsp3) is 0.222. The quantitative estimate of drug-likeness (QED) is 0.455. The van der Waals surface area contributed by atoms with Gasteiger partial charge in [0.2, 0.25) is 0 Å². The minimum Gasteiger partial charge on any atom is -0.370 e. The smallest absolute Gasteiger partial charge is 0.193 e. The molecule has 2 aromatic carbocycles. The number of guanidine groups is 1. The van der Waals surface area contributed by atoms with E-state index in [1.165, 1.54) is 24.0 Å². The van der Waals surface area contributed by atoms with Gasteiger partial charge in [0.1, 0.15) is 0 Å². The van der Waals surface area contributed by atoms with Crippen LogP contribution in [0.5, 0.6) is 0 Å². The van der Waals surface area contributed by atoms with Crippen molar-refractivity contribution in [1.29, 1.82) is 5.26 Å². The number of rotatable bonds is 3. The molecule has 118 valence electrons. The number of aliphatic imine (C=N–C) groups is 1. The molecular weight excluding hydrogens is 399 g/mol. The molecule has 0 spiro atoms. The molecule has 0 bridgehead atoms. The van der Waals surface area contributed by atoms with Crippen LogP contribution in [0.4, 0.5) is 5.69 Å². The third-order valence-corrected chi connectivity index (χ3v) is 3.89. The Balaban J connectivity index is 0.00000192. The molecule has 3 rings (SSSR count). The number of aryl methyl sites for hydroxylation is 2. The number of hydrogen-bond donors (Lipinski definition) is 2. The normalized spacial score (nSPS) is 12.9. The lowest BCUT2D eigenvalue weighted by molar-refractivity contribution is 0.912. The molecular formula is C18H19IN4.